The maximum atomic E-state index is 7.25. The first-order chi connectivity index (χ1) is 29.1. The van der Waals surface area contributed by atoms with Crippen LogP contribution in [0.25, 0.3) is 22.5 Å². The smallest absolute Gasteiger partial charge is 0.127 e. The molecule has 0 aliphatic heterocycles. The predicted octanol–water partition coefficient (Wildman–Crippen LogP) is 13.3. The van der Waals surface area contributed by atoms with Gasteiger partial charge in [-0.2, -0.15) is 0 Å². The summed E-state index contributed by atoms with van der Waals surface area (Å²) in [5.74, 6) is 1.72. The highest BCUT2D eigenvalue weighted by atomic mass is 16.5. The summed E-state index contributed by atoms with van der Waals surface area (Å²) < 4.78 is 19.0. The van der Waals surface area contributed by atoms with Crippen LogP contribution in [0.15, 0.2) is 122 Å². The second kappa shape index (κ2) is 23.3. The first-order valence-electron chi connectivity index (χ1n) is 22.0. The average molecular weight is 791 g/mol. The van der Waals surface area contributed by atoms with Crippen LogP contribution < -0.4 is 9.47 Å². The van der Waals surface area contributed by atoms with Gasteiger partial charge in [0.2, 0.25) is 0 Å². The molecular formula is C52H62N4O3. The van der Waals surface area contributed by atoms with Crippen LogP contribution in [-0.2, 0) is 17.6 Å². The largest absolute Gasteiger partial charge is 0.494 e. The second-order valence-corrected chi connectivity index (χ2v) is 15.4. The molecule has 7 nitrogen and oxygen atoms in total. The Hall–Kier alpha value is -5.40. The van der Waals surface area contributed by atoms with Crippen LogP contribution in [0, 0.1) is 0 Å². The van der Waals surface area contributed by atoms with Crippen molar-refractivity contribution in [2.24, 2.45) is 0 Å². The van der Waals surface area contributed by atoms with Crippen molar-refractivity contribution in [2.75, 3.05) is 13.2 Å². The third-order valence-corrected chi connectivity index (χ3v) is 10.7. The van der Waals surface area contributed by atoms with E-state index in [4.69, 9.17) is 34.1 Å². The number of aryl methyl sites for hydroxylation is 2. The Labute approximate surface area is 352 Å². The van der Waals surface area contributed by atoms with Crippen molar-refractivity contribution in [3.63, 3.8) is 0 Å². The van der Waals surface area contributed by atoms with Gasteiger partial charge < -0.3 is 14.2 Å². The summed E-state index contributed by atoms with van der Waals surface area (Å²) in [5.41, 5.74) is 9.63. The lowest BCUT2D eigenvalue weighted by atomic mass is 9.99. The zero-order chi connectivity index (χ0) is 41.1. The molecule has 0 aliphatic rings. The fraction of sp³-hybridized carbons (Fsp3) is 0.385. The lowest BCUT2D eigenvalue weighted by Gasteiger charge is -2.25. The van der Waals surface area contributed by atoms with Crippen molar-refractivity contribution in [2.45, 2.75) is 117 Å². The standard InChI is InChI=1S/C52H62N4O3/c1-5-9-13-15-39-17-21-43(22-18-39)51(49-37-53-47(35-55-49)41-25-29-45(30-26-41)57-33-11-7-3)59-52(44-23-19-40(20-24-44)16-14-10-6-2)50-38-54-48(36-56-50)42-27-31-46(32-28-42)58-34-12-8-4/h17-32,35-38,51-52H,5-16,33-34H2,1-4H3. The van der Waals surface area contributed by atoms with E-state index >= 15 is 0 Å². The van der Waals surface area contributed by atoms with Gasteiger partial charge in [0.25, 0.3) is 0 Å². The summed E-state index contributed by atoms with van der Waals surface area (Å²) >= 11 is 0. The summed E-state index contributed by atoms with van der Waals surface area (Å²) in [6, 6.07) is 33.8. The number of ether oxygens (including phenoxy) is 3. The molecule has 4 aromatic carbocycles. The normalized spacial score (nSPS) is 12.3. The van der Waals surface area contributed by atoms with Crippen LogP contribution >= 0.6 is 0 Å². The van der Waals surface area contributed by atoms with E-state index in [1.165, 1.54) is 49.7 Å². The van der Waals surface area contributed by atoms with Crippen LogP contribution in [0.5, 0.6) is 11.5 Å². The second-order valence-electron chi connectivity index (χ2n) is 15.4. The van der Waals surface area contributed by atoms with Gasteiger partial charge in [-0.05, 0) is 109 Å². The molecule has 2 atom stereocenters. The molecule has 7 heteroatoms. The molecule has 2 unspecified atom stereocenters. The molecule has 308 valence electrons. The van der Waals surface area contributed by atoms with Gasteiger partial charge in [0.1, 0.15) is 23.7 Å². The van der Waals surface area contributed by atoms with Crippen molar-refractivity contribution in [1.82, 2.24) is 19.9 Å². The van der Waals surface area contributed by atoms with Crippen molar-refractivity contribution in [3.8, 4) is 34.0 Å². The molecule has 59 heavy (non-hydrogen) atoms. The average Bonchev–Trinajstić information content (AvgIpc) is 3.29. The number of benzene rings is 4. The van der Waals surface area contributed by atoms with Gasteiger partial charge >= 0.3 is 0 Å². The fourth-order valence-electron chi connectivity index (χ4n) is 7.01. The Balaban J connectivity index is 1.32. The topological polar surface area (TPSA) is 79.2 Å². The quantitative estimate of drug-likeness (QED) is 0.0565. The highest BCUT2D eigenvalue weighted by Crippen LogP contribution is 2.36. The van der Waals surface area contributed by atoms with E-state index in [2.05, 4.69) is 76.2 Å². The van der Waals surface area contributed by atoms with Gasteiger partial charge in [0.05, 0.1) is 60.8 Å². The SMILES string of the molecule is CCCCCc1ccc(C(OC(c2ccc(CCCCC)cc2)c2cnc(-c3ccc(OCCCC)cc3)cn2)c2cnc(-c3ccc(OCCCC)cc3)cn2)cc1. The first kappa shape index (κ1) is 43.2. The summed E-state index contributed by atoms with van der Waals surface area (Å²) in [5, 5.41) is 0. The number of nitrogens with zero attached hydrogens (tertiary/aromatic N) is 4. The molecule has 6 rings (SSSR count). The zero-order valence-corrected chi connectivity index (χ0v) is 35.6. The van der Waals surface area contributed by atoms with Crippen molar-refractivity contribution in [1.29, 1.82) is 0 Å². The van der Waals surface area contributed by atoms with E-state index in [1.54, 1.807) is 0 Å². The van der Waals surface area contributed by atoms with E-state index in [9.17, 15) is 0 Å². The van der Waals surface area contributed by atoms with Gasteiger partial charge in [-0.25, -0.2) is 0 Å². The van der Waals surface area contributed by atoms with Crippen molar-refractivity contribution in [3.05, 3.63) is 155 Å². The third-order valence-electron chi connectivity index (χ3n) is 10.7. The van der Waals surface area contributed by atoms with E-state index in [0.29, 0.717) is 13.2 Å². The van der Waals surface area contributed by atoms with Crippen LogP contribution in [-0.4, -0.2) is 33.1 Å². The predicted molar refractivity (Wildman–Crippen MR) is 240 cm³/mol. The number of unbranched alkanes of at least 4 members (excludes halogenated alkanes) is 6. The molecule has 0 fully saturated rings. The summed E-state index contributed by atoms with van der Waals surface area (Å²) in [6.45, 7) is 10.2. The minimum atomic E-state index is -0.522. The number of aromatic nitrogens is 4. The van der Waals surface area contributed by atoms with E-state index < -0.39 is 12.2 Å². The Kier molecular flexibility index (Phi) is 17.0. The van der Waals surface area contributed by atoms with Gasteiger partial charge in [0, 0.05) is 11.1 Å². The van der Waals surface area contributed by atoms with Gasteiger partial charge in [-0.15, -0.1) is 0 Å². The van der Waals surface area contributed by atoms with Crippen LogP contribution in [0.4, 0.5) is 0 Å². The number of hydrogen-bond donors (Lipinski definition) is 0. The maximum absolute atomic E-state index is 7.25. The highest BCUT2D eigenvalue weighted by molar-refractivity contribution is 5.60. The molecule has 6 aromatic rings. The Morgan fingerprint density at radius 2 is 0.797 bits per heavy atom. The third kappa shape index (κ3) is 12.8. The van der Waals surface area contributed by atoms with Crippen LogP contribution in [0.3, 0.4) is 0 Å². The molecule has 0 spiro atoms. The minimum absolute atomic E-state index is 0.522. The minimum Gasteiger partial charge on any atom is -0.494 e. The molecule has 0 bridgehead atoms. The lowest BCUT2D eigenvalue weighted by Crippen LogP contribution is -2.16. The maximum Gasteiger partial charge on any atom is 0.127 e. The van der Waals surface area contributed by atoms with Crippen LogP contribution in [0.1, 0.15) is 138 Å². The molecule has 0 saturated heterocycles. The Morgan fingerprint density at radius 1 is 0.407 bits per heavy atom. The Morgan fingerprint density at radius 3 is 1.14 bits per heavy atom. The van der Waals surface area contributed by atoms with Crippen molar-refractivity contribution < 1.29 is 14.2 Å². The summed E-state index contributed by atoms with van der Waals surface area (Å²) in [7, 11) is 0. The number of rotatable bonds is 24. The highest BCUT2D eigenvalue weighted by Gasteiger charge is 2.26. The number of hydrogen-bond acceptors (Lipinski definition) is 7. The molecule has 0 aliphatic carbocycles. The van der Waals surface area contributed by atoms with E-state index in [0.717, 1.165) is 95.1 Å². The summed E-state index contributed by atoms with van der Waals surface area (Å²) in [6.07, 6.45) is 19.9. The first-order valence-corrected chi connectivity index (χ1v) is 22.0. The van der Waals surface area contributed by atoms with E-state index in [-0.39, 0.29) is 0 Å². The summed E-state index contributed by atoms with van der Waals surface area (Å²) in [4.78, 5) is 19.9. The molecule has 0 amide bonds. The van der Waals surface area contributed by atoms with E-state index in [1.807, 2.05) is 73.3 Å². The van der Waals surface area contributed by atoms with Crippen molar-refractivity contribution >= 4 is 0 Å². The molecule has 2 heterocycles. The molecule has 2 aromatic heterocycles. The fourth-order valence-corrected chi connectivity index (χ4v) is 7.01. The molecule has 0 radical (unpaired) electrons. The van der Waals surface area contributed by atoms with Gasteiger partial charge in [-0.3, -0.25) is 19.9 Å². The van der Waals surface area contributed by atoms with Gasteiger partial charge in [-0.1, -0.05) is 115 Å². The molecular weight excluding hydrogens is 729 g/mol. The Bertz CT molecular complexity index is 1910. The lowest BCUT2D eigenvalue weighted by molar-refractivity contribution is 0.0258. The van der Waals surface area contributed by atoms with Crippen LogP contribution in [0.2, 0.25) is 0 Å². The molecule has 0 N–H and O–H groups in total. The van der Waals surface area contributed by atoms with Gasteiger partial charge in [0.15, 0.2) is 0 Å². The zero-order valence-electron chi connectivity index (χ0n) is 35.6. The molecule has 0 saturated carbocycles. The monoisotopic (exact) mass is 790 g/mol.